The summed E-state index contributed by atoms with van der Waals surface area (Å²) in [6, 6.07) is 2.96. The number of hydrogen-bond acceptors (Lipinski definition) is 6. The van der Waals surface area contributed by atoms with E-state index in [2.05, 4.69) is 4.98 Å². The molecule has 0 radical (unpaired) electrons. The van der Waals surface area contributed by atoms with Gasteiger partial charge >= 0.3 is 0 Å². The third-order valence-corrected chi connectivity index (χ3v) is 5.52. The molecule has 0 amide bonds. The molecule has 2 rings (SSSR count). The van der Waals surface area contributed by atoms with Crippen molar-refractivity contribution in [3.63, 3.8) is 0 Å². The van der Waals surface area contributed by atoms with E-state index in [4.69, 9.17) is 11.6 Å². The molecule has 116 valence electrons. The van der Waals surface area contributed by atoms with Crippen LogP contribution in [-0.4, -0.2) is 60.4 Å². The highest BCUT2D eigenvalue weighted by atomic mass is 35.5. The van der Waals surface area contributed by atoms with Gasteiger partial charge in [-0.05, 0) is 6.07 Å². The standard InChI is InChI=1S/C11H15ClN4O4S/c12-3-8-21(19,20)15-6-4-14(5-7-15)11-2-1-10(9-13-11)16(17)18/h1-2,9H,3-8H2. The van der Waals surface area contributed by atoms with Gasteiger partial charge in [0.05, 0.1) is 10.7 Å². The number of rotatable bonds is 5. The summed E-state index contributed by atoms with van der Waals surface area (Å²) in [5.74, 6) is 0.617. The fraction of sp³-hybridized carbons (Fsp3) is 0.545. The van der Waals surface area contributed by atoms with Crippen LogP contribution in [0.15, 0.2) is 18.3 Å². The van der Waals surface area contributed by atoms with Crippen LogP contribution in [0, 0.1) is 10.1 Å². The van der Waals surface area contributed by atoms with Gasteiger partial charge in [0.15, 0.2) is 0 Å². The van der Waals surface area contributed by atoms with Crippen molar-refractivity contribution in [2.45, 2.75) is 0 Å². The Hall–Kier alpha value is -1.45. The Balaban J connectivity index is 1.99. The van der Waals surface area contributed by atoms with Crippen LogP contribution in [0.25, 0.3) is 0 Å². The molecule has 1 aliphatic heterocycles. The zero-order valence-corrected chi connectivity index (χ0v) is 12.8. The molecule has 0 aromatic carbocycles. The second-order valence-electron chi connectivity index (χ2n) is 4.52. The van der Waals surface area contributed by atoms with Gasteiger partial charge in [-0.1, -0.05) is 0 Å². The molecule has 0 spiro atoms. The third kappa shape index (κ3) is 3.80. The van der Waals surface area contributed by atoms with Crippen molar-refractivity contribution in [1.29, 1.82) is 0 Å². The normalized spacial score (nSPS) is 16.9. The van der Waals surface area contributed by atoms with Gasteiger partial charge in [-0.2, -0.15) is 4.31 Å². The zero-order valence-electron chi connectivity index (χ0n) is 11.2. The molecule has 0 saturated carbocycles. The third-order valence-electron chi connectivity index (χ3n) is 3.23. The number of anilines is 1. The first-order valence-corrected chi connectivity index (χ1v) is 8.47. The van der Waals surface area contributed by atoms with E-state index in [0.29, 0.717) is 32.0 Å². The van der Waals surface area contributed by atoms with E-state index < -0.39 is 14.9 Å². The maximum absolute atomic E-state index is 11.9. The van der Waals surface area contributed by atoms with E-state index in [1.54, 1.807) is 6.07 Å². The number of piperazine rings is 1. The van der Waals surface area contributed by atoms with Gasteiger partial charge in [0, 0.05) is 38.1 Å². The minimum atomic E-state index is -3.29. The van der Waals surface area contributed by atoms with Crippen molar-refractivity contribution < 1.29 is 13.3 Å². The van der Waals surface area contributed by atoms with Crippen molar-refractivity contribution in [3.05, 3.63) is 28.4 Å². The Kier molecular flexibility index (Phi) is 4.96. The number of hydrogen-bond donors (Lipinski definition) is 0. The maximum atomic E-state index is 11.9. The Labute approximate surface area is 127 Å². The number of halogens is 1. The van der Waals surface area contributed by atoms with E-state index in [9.17, 15) is 18.5 Å². The summed E-state index contributed by atoms with van der Waals surface area (Å²) in [7, 11) is -3.29. The van der Waals surface area contributed by atoms with Crippen LogP contribution in [0.2, 0.25) is 0 Å². The highest BCUT2D eigenvalue weighted by molar-refractivity contribution is 7.89. The highest BCUT2D eigenvalue weighted by Crippen LogP contribution is 2.18. The lowest BCUT2D eigenvalue weighted by molar-refractivity contribution is -0.385. The topological polar surface area (TPSA) is 96.6 Å². The molecule has 0 unspecified atom stereocenters. The molecule has 21 heavy (non-hydrogen) atoms. The van der Waals surface area contributed by atoms with Crippen LogP contribution in [0.1, 0.15) is 0 Å². The fourth-order valence-electron chi connectivity index (χ4n) is 2.10. The van der Waals surface area contributed by atoms with Crippen molar-refractivity contribution in [2.24, 2.45) is 0 Å². The molecule has 1 aromatic heterocycles. The number of nitrogens with zero attached hydrogens (tertiary/aromatic N) is 4. The van der Waals surface area contributed by atoms with Crippen LogP contribution in [-0.2, 0) is 10.0 Å². The van der Waals surface area contributed by atoms with Crippen LogP contribution in [0.5, 0.6) is 0 Å². The van der Waals surface area contributed by atoms with Gasteiger partial charge < -0.3 is 4.90 Å². The SMILES string of the molecule is O=[N+]([O-])c1ccc(N2CCN(S(=O)(=O)CCCl)CC2)nc1. The molecule has 1 aromatic rings. The summed E-state index contributed by atoms with van der Waals surface area (Å²) < 4.78 is 25.2. The predicted molar refractivity (Wildman–Crippen MR) is 79.2 cm³/mol. The average molecular weight is 335 g/mol. The molecule has 1 fully saturated rings. The molecule has 1 saturated heterocycles. The molecule has 0 atom stereocenters. The van der Waals surface area contributed by atoms with E-state index in [1.165, 1.54) is 16.6 Å². The van der Waals surface area contributed by atoms with Gasteiger partial charge in [-0.3, -0.25) is 10.1 Å². The monoisotopic (exact) mass is 334 g/mol. The predicted octanol–water partition coefficient (Wildman–Crippen LogP) is 0.680. The van der Waals surface area contributed by atoms with Crippen molar-refractivity contribution in [3.8, 4) is 0 Å². The van der Waals surface area contributed by atoms with E-state index in [1.807, 2.05) is 4.90 Å². The van der Waals surface area contributed by atoms with Crippen LogP contribution < -0.4 is 4.90 Å². The van der Waals surface area contributed by atoms with Gasteiger partial charge in [-0.25, -0.2) is 13.4 Å². The van der Waals surface area contributed by atoms with Gasteiger partial charge in [0.25, 0.3) is 5.69 Å². The summed E-state index contributed by atoms with van der Waals surface area (Å²) >= 11 is 5.49. The molecule has 10 heteroatoms. The minimum absolute atomic E-state index is 0.0651. The number of alkyl halides is 1. The molecular weight excluding hydrogens is 320 g/mol. The highest BCUT2D eigenvalue weighted by Gasteiger charge is 2.26. The van der Waals surface area contributed by atoms with Crippen LogP contribution in [0.3, 0.4) is 0 Å². The second kappa shape index (κ2) is 6.54. The molecular formula is C11H15ClN4O4S. The van der Waals surface area contributed by atoms with E-state index in [0.717, 1.165) is 0 Å². The summed E-state index contributed by atoms with van der Waals surface area (Å²) in [6.45, 7) is 1.70. The van der Waals surface area contributed by atoms with Gasteiger partial charge in [0.2, 0.25) is 10.0 Å². The van der Waals surface area contributed by atoms with Crippen LogP contribution >= 0.6 is 11.6 Å². The Morgan fingerprint density at radius 3 is 2.43 bits per heavy atom. The minimum Gasteiger partial charge on any atom is -0.354 e. The molecule has 0 N–H and O–H groups in total. The summed E-state index contributed by atoms with van der Waals surface area (Å²) in [4.78, 5) is 16.0. The first-order chi connectivity index (χ1) is 9.94. The summed E-state index contributed by atoms with van der Waals surface area (Å²) in [6.07, 6.45) is 1.20. The Bertz CT molecular complexity index is 599. The molecule has 0 aliphatic carbocycles. The molecule has 1 aliphatic rings. The van der Waals surface area contributed by atoms with Gasteiger partial charge in [0.1, 0.15) is 12.0 Å². The Morgan fingerprint density at radius 1 is 1.29 bits per heavy atom. The lowest BCUT2D eigenvalue weighted by Crippen LogP contribution is -2.49. The van der Waals surface area contributed by atoms with Crippen LogP contribution in [0.4, 0.5) is 11.5 Å². The quantitative estimate of drug-likeness (QED) is 0.446. The lowest BCUT2D eigenvalue weighted by Gasteiger charge is -2.34. The molecule has 0 bridgehead atoms. The maximum Gasteiger partial charge on any atom is 0.287 e. The largest absolute Gasteiger partial charge is 0.354 e. The fourth-order valence-corrected chi connectivity index (χ4v) is 3.85. The molecule has 8 nitrogen and oxygen atoms in total. The van der Waals surface area contributed by atoms with Gasteiger partial charge in [-0.15, -0.1) is 11.6 Å². The average Bonchev–Trinajstić information content (AvgIpc) is 2.47. The van der Waals surface area contributed by atoms with Crippen molar-refractivity contribution in [1.82, 2.24) is 9.29 Å². The number of nitro groups is 1. The van der Waals surface area contributed by atoms with E-state index in [-0.39, 0.29) is 17.3 Å². The van der Waals surface area contributed by atoms with Crippen molar-refractivity contribution >= 4 is 33.1 Å². The van der Waals surface area contributed by atoms with E-state index >= 15 is 0 Å². The van der Waals surface area contributed by atoms with Crippen molar-refractivity contribution in [2.75, 3.05) is 42.7 Å². The second-order valence-corrected chi connectivity index (χ2v) is 6.99. The smallest absolute Gasteiger partial charge is 0.287 e. The summed E-state index contributed by atoms with van der Waals surface area (Å²) in [5.41, 5.74) is -0.0675. The summed E-state index contributed by atoms with van der Waals surface area (Å²) in [5, 5.41) is 10.6. The number of sulfonamides is 1. The Morgan fingerprint density at radius 2 is 1.95 bits per heavy atom. The molecule has 2 heterocycles. The first kappa shape index (κ1) is 15.9. The lowest BCUT2D eigenvalue weighted by atomic mass is 10.3. The number of aromatic nitrogens is 1. The zero-order chi connectivity index (χ0) is 15.5. The number of pyridine rings is 1. The first-order valence-electron chi connectivity index (χ1n) is 6.33.